The molecular weight excluding hydrogens is 312 g/mol. The van der Waals surface area contributed by atoms with E-state index in [-0.39, 0.29) is 22.8 Å². The highest BCUT2D eigenvalue weighted by atomic mass is 16.2. The number of hydrogen-bond donors (Lipinski definition) is 2. The summed E-state index contributed by atoms with van der Waals surface area (Å²) in [7, 11) is 0. The molecule has 2 amide bonds. The third-order valence-electron chi connectivity index (χ3n) is 4.03. The van der Waals surface area contributed by atoms with Gasteiger partial charge in [0.15, 0.2) is 0 Å². The SMILES string of the molecule is CC(C)(C)CC(C)(C)C(=O)NC(C)(C)CC(C)(C)C(=O)NC(C)(C)C. The first kappa shape index (κ1) is 23.9. The first-order valence-electron chi connectivity index (χ1n) is 9.32. The van der Waals surface area contributed by atoms with Crippen LogP contribution in [0.5, 0.6) is 0 Å². The van der Waals surface area contributed by atoms with Gasteiger partial charge in [0.2, 0.25) is 11.8 Å². The van der Waals surface area contributed by atoms with Crippen LogP contribution in [-0.4, -0.2) is 22.9 Å². The van der Waals surface area contributed by atoms with Crippen LogP contribution < -0.4 is 10.6 Å². The highest BCUT2D eigenvalue weighted by molar-refractivity contribution is 5.84. The lowest BCUT2D eigenvalue weighted by molar-refractivity contribution is -0.136. The summed E-state index contributed by atoms with van der Waals surface area (Å²) in [6.07, 6.45) is 1.37. The predicted molar refractivity (Wildman–Crippen MR) is 106 cm³/mol. The lowest BCUT2D eigenvalue weighted by Gasteiger charge is -2.39. The zero-order valence-electron chi connectivity index (χ0n) is 18.7. The number of amides is 2. The molecule has 0 aliphatic rings. The highest BCUT2D eigenvalue weighted by Gasteiger charge is 2.40. The minimum absolute atomic E-state index is 0.0104. The van der Waals surface area contributed by atoms with E-state index in [2.05, 4.69) is 31.4 Å². The van der Waals surface area contributed by atoms with Gasteiger partial charge in [-0.25, -0.2) is 0 Å². The van der Waals surface area contributed by atoms with E-state index in [1.165, 1.54) is 0 Å². The minimum atomic E-state index is -0.571. The first-order chi connectivity index (χ1) is 10.7. The van der Waals surface area contributed by atoms with Crippen LogP contribution >= 0.6 is 0 Å². The summed E-state index contributed by atoms with van der Waals surface area (Å²) in [5.74, 6) is 0.0516. The monoisotopic (exact) mass is 354 g/mol. The Kier molecular flexibility index (Phi) is 6.97. The minimum Gasteiger partial charge on any atom is -0.351 e. The molecule has 0 aromatic rings. The molecule has 0 spiro atoms. The molecule has 25 heavy (non-hydrogen) atoms. The molecule has 0 rings (SSSR count). The van der Waals surface area contributed by atoms with Crippen molar-refractivity contribution in [1.82, 2.24) is 10.6 Å². The van der Waals surface area contributed by atoms with Crippen LogP contribution in [-0.2, 0) is 9.59 Å². The standard InChI is InChI=1S/C21H42N2O2/c1-17(2,3)13-19(7,8)16(25)23-21(11,12)14-20(9,10)15(24)22-18(4,5)6/h13-14H2,1-12H3,(H,22,24)(H,23,25). The van der Waals surface area contributed by atoms with E-state index in [4.69, 9.17) is 0 Å². The maximum atomic E-state index is 12.8. The van der Waals surface area contributed by atoms with Crippen LogP contribution in [0.3, 0.4) is 0 Å². The predicted octanol–water partition coefficient (Wildman–Crippen LogP) is 4.67. The Morgan fingerprint density at radius 3 is 1.32 bits per heavy atom. The number of carbonyl (C=O) groups excluding carboxylic acids is 2. The molecule has 4 heteroatoms. The van der Waals surface area contributed by atoms with E-state index < -0.39 is 16.4 Å². The van der Waals surface area contributed by atoms with Gasteiger partial charge in [0, 0.05) is 21.9 Å². The Hall–Kier alpha value is -1.06. The molecule has 4 nitrogen and oxygen atoms in total. The van der Waals surface area contributed by atoms with Crippen molar-refractivity contribution in [3.63, 3.8) is 0 Å². The van der Waals surface area contributed by atoms with Crippen LogP contribution in [0.25, 0.3) is 0 Å². The average Bonchev–Trinajstić information content (AvgIpc) is 2.20. The first-order valence-corrected chi connectivity index (χ1v) is 9.32. The van der Waals surface area contributed by atoms with Crippen LogP contribution in [0.2, 0.25) is 0 Å². The van der Waals surface area contributed by atoms with Crippen molar-refractivity contribution in [3.05, 3.63) is 0 Å². The number of carbonyl (C=O) groups is 2. The van der Waals surface area contributed by atoms with Crippen LogP contribution in [0.1, 0.15) is 95.9 Å². The number of nitrogens with one attached hydrogen (secondary N) is 2. The van der Waals surface area contributed by atoms with Gasteiger partial charge in [-0.2, -0.15) is 0 Å². The Balaban J connectivity index is 5.09. The zero-order valence-corrected chi connectivity index (χ0v) is 18.7. The van der Waals surface area contributed by atoms with Gasteiger partial charge in [-0.15, -0.1) is 0 Å². The molecule has 0 radical (unpaired) electrons. The van der Waals surface area contributed by atoms with E-state index in [1.807, 2.05) is 62.3 Å². The summed E-state index contributed by atoms with van der Waals surface area (Å²) >= 11 is 0. The Morgan fingerprint density at radius 2 is 0.960 bits per heavy atom. The van der Waals surface area contributed by atoms with Gasteiger partial charge < -0.3 is 10.6 Å². The average molecular weight is 355 g/mol. The van der Waals surface area contributed by atoms with Gasteiger partial charge in [-0.05, 0) is 52.9 Å². The fraction of sp³-hybridized carbons (Fsp3) is 0.905. The topological polar surface area (TPSA) is 58.2 Å². The van der Waals surface area contributed by atoms with Gasteiger partial charge in [0.05, 0.1) is 0 Å². The lowest BCUT2D eigenvalue weighted by atomic mass is 9.74. The van der Waals surface area contributed by atoms with Crippen LogP contribution in [0.4, 0.5) is 0 Å². The molecule has 0 aromatic heterocycles. The lowest BCUT2D eigenvalue weighted by Crippen LogP contribution is -2.54. The fourth-order valence-corrected chi connectivity index (χ4v) is 3.62. The molecule has 0 saturated heterocycles. The van der Waals surface area contributed by atoms with Gasteiger partial charge in [0.25, 0.3) is 0 Å². The van der Waals surface area contributed by atoms with Gasteiger partial charge in [-0.1, -0.05) is 48.5 Å². The molecule has 0 aromatic carbocycles. The largest absolute Gasteiger partial charge is 0.351 e. The van der Waals surface area contributed by atoms with Crippen molar-refractivity contribution in [1.29, 1.82) is 0 Å². The maximum Gasteiger partial charge on any atom is 0.226 e. The van der Waals surface area contributed by atoms with Crippen molar-refractivity contribution in [2.75, 3.05) is 0 Å². The summed E-state index contributed by atoms with van der Waals surface area (Å²) in [5.41, 5.74) is -1.68. The molecule has 0 heterocycles. The Morgan fingerprint density at radius 1 is 0.600 bits per heavy atom. The Labute approximate surface area is 155 Å². The summed E-state index contributed by atoms with van der Waals surface area (Å²) in [6.45, 7) is 24.2. The van der Waals surface area contributed by atoms with Crippen molar-refractivity contribution in [3.8, 4) is 0 Å². The van der Waals surface area contributed by atoms with Crippen LogP contribution in [0.15, 0.2) is 0 Å². The van der Waals surface area contributed by atoms with Crippen LogP contribution in [0, 0.1) is 16.2 Å². The maximum absolute atomic E-state index is 12.8. The van der Waals surface area contributed by atoms with E-state index in [0.29, 0.717) is 6.42 Å². The molecule has 0 fully saturated rings. The number of rotatable bonds is 6. The second-order valence-corrected chi connectivity index (χ2v) is 11.7. The van der Waals surface area contributed by atoms with Crippen molar-refractivity contribution >= 4 is 11.8 Å². The van der Waals surface area contributed by atoms with Crippen molar-refractivity contribution in [2.24, 2.45) is 16.2 Å². The summed E-state index contributed by atoms with van der Waals surface area (Å²) in [6, 6.07) is 0. The summed E-state index contributed by atoms with van der Waals surface area (Å²) < 4.78 is 0. The summed E-state index contributed by atoms with van der Waals surface area (Å²) in [5, 5.41) is 6.22. The second kappa shape index (κ2) is 7.28. The third kappa shape index (κ3) is 9.27. The van der Waals surface area contributed by atoms with Crippen molar-refractivity contribution in [2.45, 2.75) is 107 Å². The van der Waals surface area contributed by atoms with Gasteiger partial charge in [0.1, 0.15) is 0 Å². The smallest absolute Gasteiger partial charge is 0.226 e. The van der Waals surface area contributed by atoms with E-state index in [9.17, 15) is 9.59 Å². The molecule has 0 atom stereocenters. The molecule has 148 valence electrons. The highest BCUT2D eigenvalue weighted by Crippen LogP contribution is 2.35. The van der Waals surface area contributed by atoms with E-state index >= 15 is 0 Å². The summed E-state index contributed by atoms with van der Waals surface area (Å²) in [4.78, 5) is 25.4. The fourth-order valence-electron chi connectivity index (χ4n) is 3.62. The quantitative estimate of drug-likeness (QED) is 0.728. The van der Waals surface area contributed by atoms with Crippen molar-refractivity contribution < 1.29 is 9.59 Å². The molecule has 0 unspecified atom stereocenters. The third-order valence-corrected chi connectivity index (χ3v) is 4.03. The van der Waals surface area contributed by atoms with E-state index in [1.54, 1.807) is 0 Å². The normalized spacial score (nSPS) is 14.2. The van der Waals surface area contributed by atoms with Gasteiger partial charge in [-0.3, -0.25) is 9.59 Å². The zero-order chi connectivity index (χ0) is 20.5. The van der Waals surface area contributed by atoms with E-state index in [0.717, 1.165) is 6.42 Å². The molecule has 0 aliphatic heterocycles. The molecule has 0 bridgehead atoms. The molecule has 0 aliphatic carbocycles. The molecular formula is C21H42N2O2. The number of hydrogen-bond acceptors (Lipinski definition) is 2. The second-order valence-electron chi connectivity index (χ2n) is 11.7. The molecule has 0 saturated carbocycles. The molecule has 2 N–H and O–H groups in total. The Bertz CT molecular complexity index is 489. The van der Waals surface area contributed by atoms with Gasteiger partial charge >= 0.3 is 0 Å².